The van der Waals surface area contributed by atoms with Crippen LogP contribution in [0.3, 0.4) is 0 Å². The van der Waals surface area contributed by atoms with E-state index in [4.69, 9.17) is 0 Å². The van der Waals surface area contributed by atoms with Crippen molar-refractivity contribution in [1.82, 2.24) is 4.90 Å². The van der Waals surface area contributed by atoms with Crippen LogP contribution in [0.15, 0.2) is 24.3 Å². The van der Waals surface area contributed by atoms with Gasteiger partial charge >= 0.3 is 0 Å². The van der Waals surface area contributed by atoms with Crippen molar-refractivity contribution in [3.63, 3.8) is 0 Å². The highest BCUT2D eigenvalue weighted by atomic mass is 16.2. The Balaban J connectivity index is 1.89. The number of carbonyl (C=O) groups is 2. The zero-order chi connectivity index (χ0) is 14.5. The highest BCUT2D eigenvalue weighted by molar-refractivity contribution is 5.89. The Morgan fingerprint density at radius 1 is 1.30 bits per heavy atom. The monoisotopic (exact) mass is 275 g/mol. The van der Waals surface area contributed by atoms with E-state index in [1.165, 1.54) is 6.92 Å². The first-order valence-electron chi connectivity index (χ1n) is 7.01. The Hall–Kier alpha value is -2.04. The second-order valence-corrected chi connectivity index (χ2v) is 5.03. The van der Waals surface area contributed by atoms with Crippen LogP contribution in [0.1, 0.15) is 26.7 Å². The highest BCUT2D eigenvalue weighted by Crippen LogP contribution is 2.26. The van der Waals surface area contributed by atoms with E-state index in [0.717, 1.165) is 30.8 Å². The molecule has 20 heavy (non-hydrogen) atoms. The molecule has 5 heteroatoms. The van der Waals surface area contributed by atoms with E-state index in [9.17, 15) is 9.59 Å². The number of amides is 2. The van der Waals surface area contributed by atoms with Crippen LogP contribution >= 0.6 is 0 Å². The predicted molar refractivity (Wildman–Crippen MR) is 79.6 cm³/mol. The molecule has 1 aromatic carbocycles. The van der Waals surface area contributed by atoms with Gasteiger partial charge in [-0.3, -0.25) is 9.59 Å². The number of nitrogens with zero attached hydrogens (tertiary/aromatic N) is 1. The van der Waals surface area contributed by atoms with Crippen molar-refractivity contribution < 1.29 is 9.59 Å². The van der Waals surface area contributed by atoms with Gasteiger partial charge in [-0.15, -0.1) is 0 Å². The molecule has 0 saturated heterocycles. The molecular weight excluding hydrogens is 254 g/mol. The molecule has 1 aromatic rings. The number of nitrogens with one attached hydrogen (secondary N) is 2. The fourth-order valence-electron chi connectivity index (χ4n) is 2.21. The largest absolute Gasteiger partial charge is 0.376 e. The minimum atomic E-state index is -0.107. The van der Waals surface area contributed by atoms with E-state index in [1.54, 1.807) is 0 Å². The summed E-state index contributed by atoms with van der Waals surface area (Å²) in [5.41, 5.74) is 1.56. The summed E-state index contributed by atoms with van der Waals surface area (Å²) in [4.78, 5) is 25.0. The van der Waals surface area contributed by atoms with Crippen LogP contribution in [0.4, 0.5) is 11.4 Å². The molecule has 0 spiro atoms. The Kier molecular flexibility index (Phi) is 4.61. The van der Waals surface area contributed by atoms with E-state index >= 15 is 0 Å². The van der Waals surface area contributed by atoms with Gasteiger partial charge in [0, 0.05) is 30.9 Å². The fourth-order valence-corrected chi connectivity index (χ4v) is 2.21. The second kappa shape index (κ2) is 6.41. The van der Waals surface area contributed by atoms with Gasteiger partial charge < -0.3 is 15.5 Å². The summed E-state index contributed by atoms with van der Waals surface area (Å²) in [6, 6.07) is 7.81. The molecule has 0 unspecified atom stereocenters. The van der Waals surface area contributed by atoms with Gasteiger partial charge in [0.2, 0.25) is 11.8 Å². The van der Waals surface area contributed by atoms with E-state index < -0.39 is 0 Å². The first-order valence-corrected chi connectivity index (χ1v) is 7.01. The number of carbonyl (C=O) groups excluding carboxylic acids is 2. The van der Waals surface area contributed by atoms with Gasteiger partial charge in [-0.05, 0) is 38.0 Å². The lowest BCUT2D eigenvalue weighted by molar-refractivity contribution is -0.129. The first-order chi connectivity index (χ1) is 9.60. The zero-order valence-electron chi connectivity index (χ0n) is 12.0. The molecule has 0 aliphatic heterocycles. The molecule has 0 atom stereocenters. The number of benzene rings is 1. The Labute approximate surface area is 119 Å². The molecular formula is C15H21N3O2. The summed E-state index contributed by atoms with van der Waals surface area (Å²) >= 11 is 0. The van der Waals surface area contributed by atoms with E-state index in [-0.39, 0.29) is 18.4 Å². The predicted octanol–water partition coefficient (Wildman–Crippen LogP) is 2.07. The SMILES string of the molecule is CCN(C(=O)CNc1cccc(NC(C)=O)c1)C1CC1. The van der Waals surface area contributed by atoms with Crippen molar-refractivity contribution in [3.05, 3.63) is 24.3 Å². The Morgan fingerprint density at radius 2 is 2.00 bits per heavy atom. The Bertz CT molecular complexity index is 498. The quantitative estimate of drug-likeness (QED) is 0.835. The van der Waals surface area contributed by atoms with Crippen LogP contribution in [0.2, 0.25) is 0 Å². The van der Waals surface area contributed by atoms with E-state index in [2.05, 4.69) is 10.6 Å². The molecule has 2 amide bonds. The van der Waals surface area contributed by atoms with Gasteiger partial charge in [-0.25, -0.2) is 0 Å². The van der Waals surface area contributed by atoms with Gasteiger partial charge in [0.1, 0.15) is 0 Å². The summed E-state index contributed by atoms with van der Waals surface area (Å²) in [6.45, 7) is 4.52. The van der Waals surface area contributed by atoms with Crippen LogP contribution in [0.5, 0.6) is 0 Å². The van der Waals surface area contributed by atoms with Gasteiger partial charge in [-0.1, -0.05) is 6.07 Å². The van der Waals surface area contributed by atoms with Crippen molar-refractivity contribution in [2.24, 2.45) is 0 Å². The third-order valence-electron chi connectivity index (χ3n) is 3.28. The lowest BCUT2D eigenvalue weighted by Crippen LogP contribution is -2.37. The molecule has 1 aliphatic carbocycles. The van der Waals surface area contributed by atoms with Crippen LogP contribution in [-0.2, 0) is 9.59 Å². The summed E-state index contributed by atoms with van der Waals surface area (Å²) in [6.07, 6.45) is 2.25. The molecule has 5 nitrogen and oxygen atoms in total. The maximum Gasteiger partial charge on any atom is 0.242 e. The van der Waals surface area contributed by atoms with Crippen LogP contribution < -0.4 is 10.6 Å². The van der Waals surface area contributed by atoms with Crippen molar-refractivity contribution >= 4 is 23.2 Å². The van der Waals surface area contributed by atoms with E-state index in [0.29, 0.717) is 6.04 Å². The number of likely N-dealkylation sites (N-methyl/N-ethyl adjacent to an activating group) is 1. The van der Waals surface area contributed by atoms with Crippen molar-refractivity contribution in [2.45, 2.75) is 32.7 Å². The van der Waals surface area contributed by atoms with E-state index in [1.807, 2.05) is 36.1 Å². The number of anilines is 2. The molecule has 1 aliphatic rings. The van der Waals surface area contributed by atoms with Crippen LogP contribution in [0.25, 0.3) is 0 Å². The second-order valence-electron chi connectivity index (χ2n) is 5.03. The minimum Gasteiger partial charge on any atom is -0.376 e. The van der Waals surface area contributed by atoms with Crippen molar-refractivity contribution in [1.29, 1.82) is 0 Å². The molecule has 0 heterocycles. The minimum absolute atomic E-state index is 0.107. The lowest BCUT2D eigenvalue weighted by atomic mass is 10.2. The summed E-state index contributed by atoms with van der Waals surface area (Å²) in [5.74, 6) is 0.0176. The van der Waals surface area contributed by atoms with Gasteiger partial charge in [0.15, 0.2) is 0 Å². The molecule has 0 aromatic heterocycles. The first kappa shape index (κ1) is 14.4. The molecule has 2 N–H and O–H groups in total. The molecule has 1 fully saturated rings. The number of rotatable bonds is 6. The normalized spacial score (nSPS) is 13.7. The lowest BCUT2D eigenvalue weighted by Gasteiger charge is -2.20. The summed E-state index contributed by atoms with van der Waals surface area (Å²) in [5, 5.41) is 5.83. The smallest absolute Gasteiger partial charge is 0.242 e. The van der Waals surface area contributed by atoms with Crippen molar-refractivity contribution in [3.8, 4) is 0 Å². The highest BCUT2D eigenvalue weighted by Gasteiger charge is 2.30. The molecule has 1 saturated carbocycles. The van der Waals surface area contributed by atoms with Gasteiger partial charge in [0.05, 0.1) is 6.54 Å². The summed E-state index contributed by atoms with van der Waals surface area (Å²) < 4.78 is 0. The maximum atomic E-state index is 12.1. The molecule has 0 radical (unpaired) electrons. The zero-order valence-corrected chi connectivity index (χ0v) is 12.0. The number of hydrogen-bond donors (Lipinski definition) is 2. The van der Waals surface area contributed by atoms with Gasteiger partial charge in [-0.2, -0.15) is 0 Å². The molecule has 2 rings (SSSR count). The summed E-state index contributed by atoms with van der Waals surface area (Å²) in [7, 11) is 0. The number of hydrogen-bond acceptors (Lipinski definition) is 3. The van der Waals surface area contributed by atoms with Crippen LogP contribution in [-0.4, -0.2) is 35.8 Å². The average Bonchev–Trinajstić information content (AvgIpc) is 3.21. The standard InChI is InChI=1S/C15H21N3O2/c1-3-18(14-7-8-14)15(20)10-16-12-5-4-6-13(9-12)17-11(2)19/h4-6,9,14,16H,3,7-8,10H2,1-2H3,(H,17,19). The van der Waals surface area contributed by atoms with Crippen LogP contribution in [0, 0.1) is 0 Å². The third-order valence-corrected chi connectivity index (χ3v) is 3.28. The maximum absolute atomic E-state index is 12.1. The average molecular weight is 275 g/mol. The molecule has 0 bridgehead atoms. The van der Waals surface area contributed by atoms with Gasteiger partial charge in [0.25, 0.3) is 0 Å². The fraction of sp³-hybridized carbons (Fsp3) is 0.467. The topological polar surface area (TPSA) is 61.4 Å². The van der Waals surface area contributed by atoms with Crippen molar-refractivity contribution in [2.75, 3.05) is 23.7 Å². The third kappa shape index (κ3) is 3.98. The Morgan fingerprint density at radius 3 is 2.60 bits per heavy atom. The molecule has 108 valence electrons.